The number of aryl methyl sites for hydroxylation is 1. The van der Waals surface area contributed by atoms with Crippen LogP contribution in [0.15, 0.2) is 18.2 Å². The molecule has 1 rings (SSSR count). The summed E-state index contributed by atoms with van der Waals surface area (Å²) in [5.74, 6) is -0.806. The van der Waals surface area contributed by atoms with Crippen LogP contribution in [0, 0.1) is 6.92 Å². The van der Waals surface area contributed by atoms with Gasteiger partial charge in [0.25, 0.3) is 5.91 Å². The van der Waals surface area contributed by atoms with Gasteiger partial charge < -0.3 is 15.7 Å². The minimum absolute atomic E-state index is 0.0848. The zero-order chi connectivity index (χ0) is 12.8. The molecule has 17 heavy (non-hydrogen) atoms. The van der Waals surface area contributed by atoms with Crippen molar-refractivity contribution in [3.63, 3.8) is 0 Å². The molecule has 0 spiro atoms. The molecule has 0 saturated carbocycles. The van der Waals surface area contributed by atoms with E-state index in [-0.39, 0.29) is 23.8 Å². The first kappa shape index (κ1) is 13.0. The van der Waals surface area contributed by atoms with E-state index >= 15 is 0 Å². The number of benzene rings is 1. The monoisotopic (exact) mass is 236 g/mol. The van der Waals surface area contributed by atoms with E-state index in [1.807, 2.05) is 6.92 Å². The fourth-order valence-corrected chi connectivity index (χ4v) is 1.35. The SMILES string of the molecule is CCNC(=O)CNC(=O)c1ccc(C)cc1O. The quantitative estimate of drug-likeness (QED) is 0.715. The summed E-state index contributed by atoms with van der Waals surface area (Å²) in [6.45, 7) is 4.03. The number of hydrogen-bond acceptors (Lipinski definition) is 3. The molecule has 0 heterocycles. The zero-order valence-electron chi connectivity index (χ0n) is 9.91. The normalized spacial score (nSPS) is 9.76. The van der Waals surface area contributed by atoms with E-state index in [4.69, 9.17) is 0 Å². The van der Waals surface area contributed by atoms with E-state index in [2.05, 4.69) is 10.6 Å². The van der Waals surface area contributed by atoms with Crippen molar-refractivity contribution in [2.45, 2.75) is 13.8 Å². The van der Waals surface area contributed by atoms with Crippen LogP contribution >= 0.6 is 0 Å². The lowest BCUT2D eigenvalue weighted by Crippen LogP contribution is -2.36. The molecule has 0 radical (unpaired) electrons. The van der Waals surface area contributed by atoms with Gasteiger partial charge in [0.05, 0.1) is 12.1 Å². The Kier molecular flexibility index (Phi) is 4.51. The van der Waals surface area contributed by atoms with Crippen LogP contribution in [-0.4, -0.2) is 30.0 Å². The Bertz CT molecular complexity index is 430. The third kappa shape index (κ3) is 3.79. The molecule has 1 aromatic rings. The lowest BCUT2D eigenvalue weighted by atomic mass is 10.1. The van der Waals surface area contributed by atoms with Gasteiger partial charge in [0, 0.05) is 6.54 Å². The van der Waals surface area contributed by atoms with Crippen molar-refractivity contribution in [1.82, 2.24) is 10.6 Å². The second kappa shape index (κ2) is 5.89. The Morgan fingerprint density at radius 3 is 2.59 bits per heavy atom. The molecule has 0 aliphatic rings. The van der Waals surface area contributed by atoms with Crippen molar-refractivity contribution in [1.29, 1.82) is 0 Å². The highest BCUT2D eigenvalue weighted by atomic mass is 16.3. The molecule has 0 saturated heterocycles. The number of hydrogen-bond donors (Lipinski definition) is 3. The van der Waals surface area contributed by atoms with Gasteiger partial charge >= 0.3 is 0 Å². The molecule has 5 heteroatoms. The van der Waals surface area contributed by atoms with Crippen molar-refractivity contribution in [2.75, 3.05) is 13.1 Å². The minimum Gasteiger partial charge on any atom is -0.507 e. The molecule has 92 valence electrons. The second-order valence-corrected chi connectivity index (χ2v) is 3.66. The van der Waals surface area contributed by atoms with E-state index in [0.29, 0.717) is 6.54 Å². The van der Waals surface area contributed by atoms with Gasteiger partial charge in [-0.15, -0.1) is 0 Å². The number of nitrogens with one attached hydrogen (secondary N) is 2. The number of carbonyl (C=O) groups excluding carboxylic acids is 2. The van der Waals surface area contributed by atoms with E-state index < -0.39 is 5.91 Å². The number of amides is 2. The van der Waals surface area contributed by atoms with E-state index in [1.54, 1.807) is 13.0 Å². The second-order valence-electron chi connectivity index (χ2n) is 3.66. The van der Waals surface area contributed by atoms with Gasteiger partial charge in [-0.3, -0.25) is 9.59 Å². The molecule has 0 fully saturated rings. The maximum Gasteiger partial charge on any atom is 0.255 e. The lowest BCUT2D eigenvalue weighted by molar-refractivity contribution is -0.120. The Morgan fingerprint density at radius 1 is 1.29 bits per heavy atom. The topological polar surface area (TPSA) is 78.4 Å². The van der Waals surface area contributed by atoms with Crippen LogP contribution in [0.4, 0.5) is 0 Å². The van der Waals surface area contributed by atoms with Gasteiger partial charge in [-0.2, -0.15) is 0 Å². The number of rotatable bonds is 4. The predicted molar refractivity (Wildman–Crippen MR) is 63.9 cm³/mol. The summed E-state index contributed by atoms with van der Waals surface area (Å²) in [6.07, 6.45) is 0. The Morgan fingerprint density at radius 2 is 2.00 bits per heavy atom. The highest BCUT2D eigenvalue weighted by Gasteiger charge is 2.11. The molecule has 0 aromatic heterocycles. The summed E-state index contributed by atoms with van der Waals surface area (Å²) in [7, 11) is 0. The lowest BCUT2D eigenvalue weighted by Gasteiger charge is -2.07. The Labute approximate surface area is 99.8 Å². The average molecular weight is 236 g/mol. The average Bonchev–Trinajstić information content (AvgIpc) is 2.26. The molecule has 0 atom stereocenters. The van der Waals surface area contributed by atoms with E-state index in [9.17, 15) is 14.7 Å². The third-order valence-corrected chi connectivity index (χ3v) is 2.18. The van der Waals surface area contributed by atoms with Gasteiger partial charge in [-0.25, -0.2) is 0 Å². The van der Waals surface area contributed by atoms with Crippen molar-refractivity contribution in [2.24, 2.45) is 0 Å². The summed E-state index contributed by atoms with van der Waals surface area (Å²) >= 11 is 0. The largest absolute Gasteiger partial charge is 0.507 e. The van der Waals surface area contributed by atoms with Gasteiger partial charge in [0.1, 0.15) is 5.75 Å². The number of phenolic OH excluding ortho intramolecular Hbond substituents is 1. The predicted octanol–water partition coefficient (Wildman–Crippen LogP) is 0.567. The number of aromatic hydroxyl groups is 1. The van der Waals surface area contributed by atoms with Crippen LogP contribution in [-0.2, 0) is 4.79 Å². The maximum atomic E-state index is 11.6. The summed E-state index contributed by atoms with van der Waals surface area (Å²) in [5.41, 5.74) is 1.03. The standard InChI is InChI=1S/C12H16N2O3/c1-3-13-11(16)7-14-12(17)9-5-4-8(2)6-10(9)15/h4-6,15H,3,7H2,1-2H3,(H,13,16)(H,14,17). The van der Waals surface area contributed by atoms with Crippen molar-refractivity contribution in [3.05, 3.63) is 29.3 Å². The maximum absolute atomic E-state index is 11.6. The summed E-state index contributed by atoms with van der Waals surface area (Å²) in [6, 6.07) is 4.75. The van der Waals surface area contributed by atoms with Crippen molar-refractivity contribution < 1.29 is 14.7 Å². The molecule has 1 aromatic carbocycles. The molecule has 0 bridgehead atoms. The van der Waals surface area contributed by atoms with Crippen LogP contribution in [0.5, 0.6) is 5.75 Å². The molecule has 3 N–H and O–H groups in total. The van der Waals surface area contributed by atoms with Crippen LogP contribution < -0.4 is 10.6 Å². The van der Waals surface area contributed by atoms with Gasteiger partial charge in [-0.05, 0) is 31.5 Å². The van der Waals surface area contributed by atoms with Crippen LogP contribution in [0.25, 0.3) is 0 Å². The number of likely N-dealkylation sites (N-methyl/N-ethyl adjacent to an activating group) is 1. The van der Waals surface area contributed by atoms with Gasteiger partial charge in [0.2, 0.25) is 5.91 Å². The van der Waals surface area contributed by atoms with E-state index in [1.165, 1.54) is 12.1 Å². The highest BCUT2D eigenvalue weighted by molar-refractivity contribution is 5.98. The molecular weight excluding hydrogens is 220 g/mol. The Hall–Kier alpha value is -2.04. The van der Waals surface area contributed by atoms with Crippen molar-refractivity contribution in [3.8, 4) is 5.75 Å². The third-order valence-electron chi connectivity index (χ3n) is 2.18. The first-order valence-electron chi connectivity index (χ1n) is 5.39. The van der Waals surface area contributed by atoms with Gasteiger partial charge in [-0.1, -0.05) is 6.07 Å². The van der Waals surface area contributed by atoms with E-state index in [0.717, 1.165) is 5.56 Å². The highest BCUT2D eigenvalue weighted by Crippen LogP contribution is 2.17. The fourth-order valence-electron chi connectivity index (χ4n) is 1.35. The number of phenols is 1. The first-order chi connectivity index (χ1) is 8.04. The zero-order valence-corrected chi connectivity index (χ0v) is 9.91. The van der Waals surface area contributed by atoms with Crippen LogP contribution in [0.3, 0.4) is 0 Å². The summed E-state index contributed by atoms with van der Waals surface area (Å²) in [4.78, 5) is 22.8. The smallest absolute Gasteiger partial charge is 0.255 e. The molecule has 0 unspecified atom stereocenters. The minimum atomic E-state index is -0.464. The molecule has 5 nitrogen and oxygen atoms in total. The Balaban J connectivity index is 2.61. The van der Waals surface area contributed by atoms with Crippen LogP contribution in [0.1, 0.15) is 22.8 Å². The molecule has 2 amide bonds. The summed E-state index contributed by atoms with van der Waals surface area (Å²) < 4.78 is 0. The van der Waals surface area contributed by atoms with Crippen LogP contribution in [0.2, 0.25) is 0 Å². The molecule has 0 aliphatic heterocycles. The van der Waals surface area contributed by atoms with Gasteiger partial charge in [0.15, 0.2) is 0 Å². The fraction of sp³-hybridized carbons (Fsp3) is 0.333. The number of carbonyl (C=O) groups is 2. The molecule has 0 aliphatic carbocycles. The van der Waals surface area contributed by atoms with Crippen molar-refractivity contribution >= 4 is 11.8 Å². The summed E-state index contributed by atoms with van der Waals surface area (Å²) in [5, 5.41) is 14.6. The molecular formula is C12H16N2O3. The first-order valence-corrected chi connectivity index (χ1v) is 5.39.